The number of hydrogen-bond donors (Lipinski definition) is 0. The van der Waals surface area contributed by atoms with Crippen LogP contribution in [0, 0.1) is 0 Å². The van der Waals surface area contributed by atoms with Crippen LogP contribution in [0.3, 0.4) is 0 Å². The van der Waals surface area contributed by atoms with Gasteiger partial charge < -0.3 is 8.83 Å². The molecule has 9 aromatic rings. The second kappa shape index (κ2) is 8.43. The van der Waals surface area contributed by atoms with E-state index in [1.54, 1.807) is 0 Å². The summed E-state index contributed by atoms with van der Waals surface area (Å²) in [5, 5.41) is 5.37. The Morgan fingerprint density at radius 1 is 0.605 bits per heavy atom. The molecule has 0 amide bonds. The van der Waals surface area contributed by atoms with Crippen LogP contribution in [-0.4, -0.2) is 14.5 Å². The number of nitrogens with zero attached hydrogens (tertiary/aromatic N) is 3. The van der Waals surface area contributed by atoms with Crippen molar-refractivity contribution in [2.24, 2.45) is 0 Å². The highest BCUT2D eigenvalue weighted by atomic mass is 16.3. The zero-order chi connectivity index (χ0) is 28.1. The van der Waals surface area contributed by atoms with Crippen molar-refractivity contribution < 1.29 is 8.83 Å². The SMILES string of the molecule is C1=Cc2c(c3ccccc3n2-c2nc3ccccc3nc2-c2cccc3oc4c(ccc5oc6ccccc6c54)c23)CC1. The second-order valence-corrected chi connectivity index (χ2v) is 11.2. The van der Waals surface area contributed by atoms with Gasteiger partial charge in [0.25, 0.3) is 0 Å². The molecule has 5 aromatic carbocycles. The Hall–Kier alpha value is -5.68. The highest BCUT2D eigenvalue weighted by Crippen LogP contribution is 2.44. The highest BCUT2D eigenvalue weighted by molar-refractivity contribution is 6.24. The van der Waals surface area contributed by atoms with E-state index in [0.717, 1.165) is 90.3 Å². The van der Waals surface area contributed by atoms with Crippen LogP contribution in [0.5, 0.6) is 0 Å². The standard InChI is InChI=1S/C38H23N3O2/c1-6-16-29-22(10-1)23-11-2-7-17-30(23)41(29)38-36(39-27-14-4-5-15-28(27)40-38)25-13-9-19-32-34(25)26-20-21-33-35(37(26)43-32)24-12-3-8-18-31(24)42-33/h1,3-10,12-21H,2,11H2. The predicted molar refractivity (Wildman–Crippen MR) is 174 cm³/mol. The van der Waals surface area contributed by atoms with Gasteiger partial charge in [-0.05, 0) is 66.9 Å². The van der Waals surface area contributed by atoms with E-state index in [4.69, 9.17) is 18.8 Å². The molecule has 10 rings (SSSR count). The third-order valence-electron chi connectivity index (χ3n) is 8.88. The molecule has 5 heteroatoms. The van der Waals surface area contributed by atoms with Crippen molar-refractivity contribution in [3.63, 3.8) is 0 Å². The summed E-state index contributed by atoms with van der Waals surface area (Å²) in [4.78, 5) is 10.7. The molecule has 0 N–H and O–H groups in total. The van der Waals surface area contributed by atoms with Gasteiger partial charge in [-0.1, -0.05) is 66.7 Å². The van der Waals surface area contributed by atoms with Gasteiger partial charge in [0.2, 0.25) is 0 Å². The molecule has 202 valence electrons. The minimum Gasteiger partial charge on any atom is -0.456 e. The summed E-state index contributed by atoms with van der Waals surface area (Å²) in [6.07, 6.45) is 6.55. The molecule has 0 atom stereocenters. The average molecular weight is 554 g/mol. The Morgan fingerprint density at radius 2 is 1.37 bits per heavy atom. The molecule has 1 aliphatic carbocycles. The van der Waals surface area contributed by atoms with E-state index in [2.05, 4.69) is 71.3 Å². The molecule has 0 spiro atoms. The fourth-order valence-electron chi connectivity index (χ4n) is 7.03. The van der Waals surface area contributed by atoms with E-state index in [1.165, 1.54) is 16.6 Å². The number of fused-ring (bicyclic) bond motifs is 11. The van der Waals surface area contributed by atoms with E-state index in [9.17, 15) is 0 Å². The van der Waals surface area contributed by atoms with E-state index in [1.807, 2.05) is 48.5 Å². The van der Waals surface area contributed by atoms with Gasteiger partial charge in [0, 0.05) is 27.1 Å². The molecule has 0 fully saturated rings. The molecule has 4 heterocycles. The Balaban J connectivity index is 1.35. The fraction of sp³-hybridized carbons (Fsp3) is 0.0526. The molecule has 0 bridgehead atoms. The summed E-state index contributed by atoms with van der Waals surface area (Å²) in [7, 11) is 0. The lowest BCUT2D eigenvalue weighted by molar-refractivity contribution is 0.663. The highest BCUT2D eigenvalue weighted by Gasteiger charge is 2.25. The Morgan fingerprint density at radius 3 is 2.30 bits per heavy atom. The van der Waals surface area contributed by atoms with Crippen LogP contribution in [0.25, 0.3) is 89.0 Å². The zero-order valence-electron chi connectivity index (χ0n) is 23.0. The second-order valence-electron chi connectivity index (χ2n) is 11.2. The number of furan rings is 2. The summed E-state index contributed by atoms with van der Waals surface area (Å²) in [6.45, 7) is 0. The van der Waals surface area contributed by atoms with Crippen molar-refractivity contribution in [3.05, 3.63) is 120 Å². The molecular weight excluding hydrogens is 530 g/mol. The van der Waals surface area contributed by atoms with Crippen molar-refractivity contribution in [1.29, 1.82) is 0 Å². The number of allylic oxidation sites excluding steroid dienone is 1. The van der Waals surface area contributed by atoms with Gasteiger partial charge in [-0.15, -0.1) is 0 Å². The molecule has 0 saturated carbocycles. The van der Waals surface area contributed by atoms with Gasteiger partial charge in [0.05, 0.1) is 27.6 Å². The van der Waals surface area contributed by atoms with Gasteiger partial charge >= 0.3 is 0 Å². The first kappa shape index (κ1) is 22.9. The molecule has 0 aliphatic heterocycles. The van der Waals surface area contributed by atoms with Crippen molar-refractivity contribution in [3.8, 4) is 17.1 Å². The first-order valence-electron chi connectivity index (χ1n) is 14.7. The molecule has 4 aromatic heterocycles. The molecule has 0 saturated heterocycles. The first-order chi connectivity index (χ1) is 21.3. The normalized spacial score (nSPS) is 13.3. The lowest BCUT2D eigenvalue weighted by Gasteiger charge is -2.16. The van der Waals surface area contributed by atoms with Crippen LogP contribution in [0.1, 0.15) is 17.7 Å². The number of para-hydroxylation sites is 4. The fourth-order valence-corrected chi connectivity index (χ4v) is 7.03. The van der Waals surface area contributed by atoms with Crippen LogP contribution in [-0.2, 0) is 6.42 Å². The number of benzene rings is 5. The molecule has 43 heavy (non-hydrogen) atoms. The minimum absolute atomic E-state index is 0.811. The monoisotopic (exact) mass is 553 g/mol. The van der Waals surface area contributed by atoms with Crippen molar-refractivity contribution >= 4 is 71.9 Å². The summed E-state index contributed by atoms with van der Waals surface area (Å²) in [5.74, 6) is 0.819. The molecule has 5 nitrogen and oxygen atoms in total. The van der Waals surface area contributed by atoms with E-state index in [0.29, 0.717) is 0 Å². The Bertz CT molecular complexity index is 2630. The third-order valence-corrected chi connectivity index (χ3v) is 8.88. The predicted octanol–water partition coefficient (Wildman–Crippen LogP) is 10.00. The summed E-state index contributed by atoms with van der Waals surface area (Å²) in [6, 6.07) is 35.3. The molecular formula is C38H23N3O2. The lowest BCUT2D eigenvalue weighted by atomic mass is 10.0. The topological polar surface area (TPSA) is 57.0 Å². The summed E-state index contributed by atoms with van der Waals surface area (Å²) in [5.41, 5.74) is 10.5. The van der Waals surface area contributed by atoms with Crippen LogP contribution in [0.15, 0.2) is 118 Å². The largest absolute Gasteiger partial charge is 0.456 e. The van der Waals surface area contributed by atoms with Crippen LogP contribution in [0.2, 0.25) is 0 Å². The number of aryl methyl sites for hydroxylation is 1. The Kier molecular flexibility index (Phi) is 4.50. The molecule has 0 radical (unpaired) electrons. The maximum Gasteiger partial charge on any atom is 0.165 e. The minimum atomic E-state index is 0.811. The summed E-state index contributed by atoms with van der Waals surface area (Å²) >= 11 is 0. The number of aromatic nitrogens is 3. The van der Waals surface area contributed by atoms with E-state index >= 15 is 0 Å². The first-order valence-corrected chi connectivity index (χ1v) is 14.7. The van der Waals surface area contributed by atoms with Gasteiger partial charge in [0.1, 0.15) is 28.0 Å². The van der Waals surface area contributed by atoms with Gasteiger partial charge in [-0.2, -0.15) is 0 Å². The molecule has 0 unspecified atom stereocenters. The quantitative estimate of drug-likeness (QED) is 0.214. The summed E-state index contributed by atoms with van der Waals surface area (Å²) < 4.78 is 15.1. The van der Waals surface area contributed by atoms with Crippen LogP contribution in [0.4, 0.5) is 0 Å². The van der Waals surface area contributed by atoms with Gasteiger partial charge in [-0.3, -0.25) is 4.57 Å². The lowest BCUT2D eigenvalue weighted by Crippen LogP contribution is -2.06. The zero-order valence-corrected chi connectivity index (χ0v) is 23.0. The number of rotatable bonds is 2. The van der Waals surface area contributed by atoms with Gasteiger partial charge in [-0.25, -0.2) is 9.97 Å². The van der Waals surface area contributed by atoms with Crippen molar-refractivity contribution in [2.75, 3.05) is 0 Å². The number of hydrogen-bond acceptors (Lipinski definition) is 4. The smallest absolute Gasteiger partial charge is 0.165 e. The average Bonchev–Trinajstić information content (AvgIpc) is 3.73. The molecule has 1 aliphatic rings. The maximum absolute atomic E-state index is 6.65. The Labute approximate surface area is 245 Å². The van der Waals surface area contributed by atoms with Crippen molar-refractivity contribution in [1.82, 2.24) is 14.5 Å². The van der Waals surface area contributed by atoms with Crippen molar-refractivity contribution in [2.45, 2.75) is 12.8 Å². The third kappa shape index (κ3) is 3.11. The maximum atomic E-state index is 6.65. The van der Waals surface area contributed by atoms with Gasteiger partial charge in [0.15, 0.2) is 5.82 Å². The van der Waals surface area contributed by atoms with Crippen LogP contribution >= 0.6 is 0 Å². The van der Waals surface area contributed by atoms with Crippen LogP contribution < -0.4 is 0 Å². The van der Waals surface area contributed by atoms with E-state index in [-0.39, 0.29) is 0 Å². The van der Waals surface area contributed by atoms with E-state index < -0.39 is 0 Å².